The molecule has 0 spiro atoms. The molecule has 5 atom stereocenters. The van der Waals surface area contributed by atoms with Gasteiger partial charge in [0.2, 0.25) is 0 Å². The van der Waals surface area contributed by atoms with Gasteiger partial charge in [0.25, 0.3) is 0 Å². The number of rotatable bonds is 3. The summed E-state index contributed by atoms with van der Waals surface area (Å²) in [7, 11) is 2.34. The molecule has 2 nitrogen and oxygen atoms in total. The molecular formula is C16H32N2. The third-order valence-corrected chi connectivity index (χ3v) is 5.67. The molecule has 2 rings (SSSR count). The maximum Gasteiger partial charge on any atom is 0.0249 e. The fraction of sp³-hybridized carbons (Fsp3) is 1.00. The van der Waals surface area contributed by atoms with Crippen molar-refractivity contribution in [3.8, 4) is 0 Å². The van der Waals surface area contributed by atoms with E-state index in [-0.39, 0.29) is 0 Å². The van der Waals surface area contributed by atoms with Crippen LogP contribution in [0.2, 0.25) is 0 Å². The van der Waals surface area contributed by atoms with Crippen LogP contribution in [0.3, 0.4) is 0 Å². The van der Waals surface area contributed by atoms with E-state index >= 15 is 0 Å². The molecule has 2 fully saturated rings. The molecule has 2 aliphatic carbocycles. The summed E-state index contributed by atoms with van der Waals surface area (Å²) in [6.45, 7) is 4.77. The van der Waals surface area contributed by atoms with E-state index in [1.54, 1.807) is 0 Å². The lowest BCUT2D eigenvalue weighted by atomic mass is 9.78. The van der Waals surface area contributed by atoms with Gasteiger partial charge in [-0.05, 0) is 51.0 Å². The number of hydrogen-bond donors (Lipinski definition) is 1. The van der Waals surface area contributed by atoms with E-state index in [0.717, 1.165) is 17.9 Å². The van der Waals surface area contributed by atoms with E-state index in [0.29, 0.717) is 12.1 Å². The minimum Gasteiger partial charge on any atom is -0.326 e. The van der Waals surface area contributed by atoms with E-state index in [9.17, 15) is 0 Å². The van der Waals surface area contributed by atoms with Gasteiger partial charge in [-0.15, -0.1) is 0 Å². The molecule has 0 heterocycles. The summed E-state index contributed by atoms with van der Waals surface area (Å²) < 4.78 is 0. The Hall–Kier alpha value is -0.0800. The molecule has 106 valence electrons. The maximum atomic E-state index is 6.41. The van der Waals surface area contributed by atoms with Crippen molar-refractivity contribution in [3.63, 3.8) is 0 Å². The summed E-state index contributed by atoms with van der Waals surface area (Å²) in [5.41, 5.74) is 6.41. The van der Waals surface area contributed by atoms with E-state index < -0.39 is 0 Å². The average molecular weight is 252 g/mol. The zero-order valence-corrected chi connectivity index (χ0v) is 12.6. The minimum absolute atomic E-state index is 0.409. The lowest BCUT2D eigenvalue weighted by molar-refractivity contribution is 0.0526. The Morgan fingerprint density at radius 2 is 1.78 bits per heavy atom. The van der Waals surface area contributed by atoms with Crippen LogP contribution in [0.5, 0.6) is 0 Å². The first-order valence-electron chi connectivity index (χ1n) is 8.11. The highest BCUT2D eigenvalue weighted by Gasteiger charge is 2.35. The highest BCUT2D eigenvalue weighted by molar-refractivity contribution is 4.92. The van der Waals surface area contributed by atoms with Gasteiger partial charge >= 0.3 is 0 Å². The summed E-state index contributed by atoms with van der Waals surface area (Å²) >= 11 is 0. The van der Waals surface area contributed by atoms with Gasteiger partial charge in [-0.1, -0.05) is 33.1 Å². The van der Waals surface area contributed by atoms with Gasteiger partial charge in [0.15, 0.2) is 0 Å². The van der Waals surface area contributed by atoms with Crippen LogP contribution in [0, 0.1) is 11.8 Å². The molecule has 0 bridgehead atoms. The first-order chi connectivity index (χ1) is 8.63. The molecule has 2 saturated carbocycles. The summed E-state index contributed by atoms with van der Waals surface area (Å²) in [5, 5.41) is 0. The van der Waals surface area contributed by atoms with Gasteiger partial charge in [-0.25, -0.2) is 0 Å². The molecule has 0 amide bonds. The van der Waals surface area contributed by atoms with Crippen LogP contribution in [0.1, 0.15) is 65.2 Å². The van der Waals surface area contributed by atoms with Crippen molar-refractivity contribution < 1.29 is 0 Å². The zero-order valence-electron chi connectivity index (χ0n) is 12.6. The molecule has 0 aromatic carbocycles. The van der Waals surface area contributed by atoms with Gasteiger partial charge in [-0.2, -0.15) is 0 Å². The van der Waals surface area contributed by atoms with Crippen molar-refractivity contribution in [2.45, 2.75) is 83.3 Å². The largest absolute Gasteiger partial charge is 0.326 e. The molecule has 18 heavy (non-hydrogen) atoms. The van der Waals surface area contributed by atoms with Crippen LogP contribution in [-0.4, -0.2) is 30.1 Å². The topological polar surface area (TPSA) is 29.3 Å². The van der Waals surface area contributed by atoms with Crippen LogP contribution in [0.25, 0.3) is 0 Å². The van der Waals surface area contributed by atoms with E-state index in [4.69, 9.17) is 5.73 Å². The van der Waals surface area contributed by atoms with E-state index in [1.165, 1.54) is 51.4 Å². The quantitative estimate of drug-likeness (QED) is 0.834. The predicted octanol–water partition coefficient (Wildman–Crippen LogP) is 3.40. The first kappa shape index (κ1) is 14.3. The van der Waals surface area contributed by atoms with Crippen LogP contribution in [0.4, 0.5) is 0 Å². The second-order valence-corrected chi connectivity index (χ2v) is 6.81. The molecule has 5 unspecified atom stereocenters. The van der Waals surface area contributed by atoms with Crippen molar-refractivity contribution in [1.29, 1.82) is 0 Å². The van der Waals surface area contributed by atoms with Gasteiger partial charge in [-0.3, -0.25) is 4.90 Å². The minimum atomic E-state index is 0.409. The van der Waals surface area contributed by atoms with Gasteiger partial charge in [0.05, 0.1) is 0 Å². The molecular weight excluding hydrogens is 220 g/mol. The molecule has 0 aromatic rings. The Morgan fingerprint density at radius 1 is 1.06 bits per heavy atom. The highest BCUT2D eigenvalue weighted by Crippen LogP contribution is 2.34. The first-order valence-corrected chi connectivity index (χ1v) is 8.11. The smallest absolute Gasteiger partial charge is 0.0249 e. The Balaban J connectivity index is 1.99. The zero-order chi connectivity index (χ0) is 13.1. The second kappa shape index (κ2) is 6.38. The van der Waals surface area contributed by atoms with Crippen LogP contribution in [0.15, 0.2) is 0 Å². The monoisotopic (exact) mass is 252 g/mol. The third-order valence-electron chi connectivity index (χ3n) is 5.67. The van der Waals surface area contributed by atoms with Crippen molar-refractivity contribution in [3.05, 3.63) is 0 Å². The van der Waals surface area contributed by atoms with E-state index in [2.05, 4.69) is 25.8 Å². The summed E-state index contributed by atoms with van der Waals surface area (Å²) in [4.78, 5) is 2.66. The molecule has 0 radical (unpaired) electrons. The lowest BCUT2D eigenvalue weighted by Crippen LogP contribution is -2.55. The number of hydrogen-bond acceptors (Lipinski definition) is 2. The fourth-order valence-electron chi connectivity index (χ4n) is 4.24. The summed E-state index contributed by atoms with van der Waals surface area (Å²) in [6.07, 6.45) is 10.9. The number of likely N-dealkylation sites (N-methyl/N-ethyl adjacent to an activating group) is 1. The van der Waals surface area contributed by atoms with Crippen molar-refractivity contribution in [2.24, 2.45) is 17.6 Å². The average Bonchev–Trinajstić information content (AvgIpc) is 2.39. The van der Waals surface area contributed by atoms with E-state index in [1.807, 2.05) is 0 Å². The number of nitrogens with zero attached hydrogens (tertiary/aromatic N) is 1. The molecule has 2 aliphatic rings. The fourth-order valence-corrected chi connectivity index (χ4v) is 4.24. The summed E-state index contributed by atoms with van der Waals surface area (Å²) in [5.74, 6) is 1.77. The van der Waals surface area contributed by atoms with Gasteiger partial charge < -0.3 is 5.73 Å². The number of nitrogens with two attached hydrogens (primary N) is 1. The van der Waals surface area contributed by atoms with Crippen LogP contribution < -0.4 is 5.73 Å². The van der Waals surface area contributed by atoms with Crippen molar-refractivity contribution in [2.75, 3.05) is 7.05 Å². The normalized spacial score (nSPS) is 42.2. The molecule has 0 aliphatic heterocycles. The van der Waals surface area contributed by atoms with Crippen LogP contribution in [-0.2, 0) is 0 Å². The SMILES string of the molecule is CCC1CCC(N)C(N(C)C2CCCCC2C)C1. The third kappa shape index (κ3) is 3.08. The Morgan fingerprint density at radius 3 is 2.44 bits per heavy atom. The van der Waals surface area contributed by atoms with Gasteiger partial charge in [0.1, 0.15) is 0 Å². The molecule has 2 heteroatoms. The van der Waals surface area contributed by atoms with Crippen molar-refractivity contribution >= 4 is 0 Å². The molecule has 0 saturated heterocycles. The highest BCUT2D eigenvalue weighted by atomic mass is 15.2. The van der Waals surface area contributed by atoms with Gasteiger partial charge in [0, 0.05) is 18.1 Å². The predicted molar refractivity (Wildman–Crippen MR) is 78.6 cm³/mol. The molecule has 0 aromatic heterocycles. The Bertz CT molecular complexity index is 253. The lowest BCUT2D eigenvalue weighted by Gasteiger charge is -2.46. The molecule has 2 N–H and O–H groups in total. The Labute approximate surface area is 113 Å². The second-order valence-electron chi connectivity index (χ2n) is 6.81. The van der Waals surface area contributed by atoms with Crippen molar-refractivity contribution in [1.82, 2.24) is 4.90 Å². The van der Waals surface area contributed by atoms with Crippen LogP contribution >= 0.6 is 0 Å². The maximum absolute atomic E-state index is 6.41. The Kier molecular flexibility index (Phi) is 5.08. The summed E-state index contributed by atoms with van der Waals surface area (Å²) in [6, 6.07) is 1.83. The standard InChI is InChI=1S/C16H32N2/c1-4-13-9-10-14(17)16(11-13)18(3)15-8-6-5-7-12(15)2/h12-16H,4-11,17H2,1-3H3.